The zero-order chi connectivity index (χ0) is 13.4. The molecule has 0 aliphatic rings. The van der Waals surface area contributed by atoms with Gasteiger partial charge >= 0.3 is 0 Å². The molecule has 1 aromatic carbocycles. The van der Waals surface area contributed by atoms with Crippen molar-refractivity contribution in [2.24, 2.45) is 5.73 Å². The lowest BCUT2D eigenvalue weighted by atomic mass is 10.1. The molecule has 1 rings (SSSR count). The minimum atomic E-state index is -0.588. The van der Waals surface area contributed by atoms with Crippen LogP contribution in [0.2, 0.25) is 0 Å². The number of aliphatic hydroxyl groups excluding tert-OH is 1. The minimum Gasteiger partial charge on any atom is -0.396 e. The number of halogens is 2. The molecule has 3 nitrogen and oxygen atoms in total. The van der Waals surface area contributed by atoms with E-state index in [1.165, 1.54) is 12.1 Å². The third kappa shape index (κ3) is 4.68. The summed E-state index contributed by atoms with van der Waals surface area (Å²) in [5.41, 5.74) is 5.98. The van der Waals surface area contributed by atoms with Crippen molar-refractivity contribution < 1.29 is 13.9 Å². The van der Waals surface area contributed by atoms with Gasteiger partial charge in [-0.1, -0.05) is 6.07 Å². The second-order valence-electron chi connectivity index (χ2n) is 4.19. The van der Waals surface area contributed by atoms with Crippen LogP contribution in [0, 0.1) is 11.6 Å². The van der Waals surface area contributed by atoms with E-state index in [0.29, 0.717) is 12.1 Å². The summed E-state index contributed by atoms with van der Waals surface area (Å²) in [7, 11) is 0. The van der Waals surface area contributed by atoms with E-state index in [-0.39, 0.29) is 19.2 Å². The van der Waals surface area contributed by atoms with Crippen LogP contribution in [0.3, 0.4) is 0 Å². The SMILES string of the molecule is NCC(NCCCCCO)c1ccc(F)cc1F. The van der Waals surface area contributed by atoms with Gasteiger partial charge in [-0.05, 0) is 31.9 Å². The fourth-order valence-electron chi connectivity index (χ4n) is 1.79. The number of aliphatic hydroxyl groups is 1. The van der Waals surface area contributed by atoms with Crippen LogP contribution in [-0.4, -0.2) is 24.8 Å². The van der Waals surface area contributed by atoms with Crippen LogP contribution < -0.4 is 11.1 Å². The van der Waals surface area contributed by atoms with Gasteiger partial charge in [0.25, 0.3) is 0 Å². The van der Waals surface area contributed by atoms with Gasteiger partial charge in [0.1, 0.15) is 11.6 Å². The average molecular weight is 258 g/mol. The van der Waals surface area contributed by atoms with E-state index in [4.69, 9.17) is 10.8 Å². The van der Waals surface area contributed by atoms with Crippen molar-refractivity contribution in [2.45, 2.75) is 25.3 Å². The first-order chi connectivity index (χ1) is 8.69. The molecule has 0 saturated heterocycles. The van der Waals surface area contributed by atoms with Crippen molar-refractivity contribution in [3.05, 3.63) is 35.4 Å². The number of unbranched alkanes of at least 4 members (excludes halogenated alkanes) is 2. The van der Waals surface area contributed by atoms with E-state index in [0.717, 1.165) is 25.3 Å². The summed E-state index contributed by atoms with van der Waals surface area (Å²) >= 11 is 0. The second-order valence-corrected chi connectivity index (χ2v) is 4.19. The Hall–Kier alpha value is -1.04. The first kappa shape index (κ1) is 15.0. The second kappa shape index (κ2) is 8.13. The Morgan fingerprint density at radius 1 is 1.22 bits per heavy atom. The summed E-state index contributed by atoms with van der Waals surface area (Å²) < 4.78 is 26.3. The molecule has 0 fully saturated rings. The molecule has 1 aromatic rings. The van der Waals surface area contributed by atoms with Gasteiger partial charge in [0.05, 0.1) is 0 Å². The predicted octanol–water partition coefficient (Wildman–Crippen LogP) is 1.72. The van der Waals surface area contributed by atoms with Gasteiger partial charge in [0.2, 0.25) is 0 Å². The molecule has 0 saturated carbocycles. The average Bonchev–Trinajstić information content (AvgIpc) is 2.35. The Labute approximate surface area is 106 Å². The largest absolute Gasteiger partial charge is 0.396 e. The number of nitrogens with two attached hydrogens (primary N) is 1. The molecular formula is C13H20F2N2O. The quantitative estimate of drug-likeness (QED) is 0.622. The summed E-state index contributed by atoms with van der Waals surface area (Å²) in [5, 5.41) is 11.8. The van der Waals surface area contributed by atoms with Crippen LogP contribution in [0.15, 0.2) is 18.2 Å². The normalized spacial score (nSPS) is 12.7. The molecule has 102 valence electrons. The van der Waals surface area contributed by atoms with Crippen LogP contribution in [0.5, 0.6) is 0 Å². The topological polar surface area (TPSA) is 58.3 Å². The fourth-order valence-corrected chi connectivity index (χ4v) is 1.79. The van der Waals surface area contributed by atoms with Gasteiger partial charge in [-0.3, -0.25) is 0 Å². The van der Waals surface area contributed by atoms with Crippen LogP contribution in [0.1, 0.15) is 30.9 Å². The van der Waals surface area contributed by atoms with E-state index >= 15 is 0 Å². The molecule has 0 radical (unpaired) electrons. The number of rotatable bonds is 8. The maximum absolute atomic E-state index is 13.5. The molecule has 0 heterocycles. The standard InChI is InChI=1S/C13H20F2N2O/c14-10-4-5-11(12(15)8-10)13(9-16)17-6-2-1-3-7-18/h4-5,8,13,17-18H,1-3,6-7,9,16H2. The highest BCUT2D eigenvalue weighted by molar-refractivity contribution is 5.22. The molecule has 0 amide bonds. The highest BCUT2D eigenvalue weighted by atomic mass is 19.1. The molecule has 18 heavy (non-hydrogen) atoms. The van der Waals surface area contributed by atoms with Crippen molar-refractivity contribution in [1.29, 1.82) is 0 Å². The number of nitrogens with one attached hydrogen (secondary N) is 1. The first-order valence-electron chi connectivity index (χ1n) is 6.18. The van der Waals surface area contributed by atoms with Crippen molar-refractivity contribution >= 4 is 0 Å². The first-order valence-corrected chi connectivity index (χ1v) is 6.18. The third-order valence-electron chi connectivity index (χ3n) is 2.80. The van der Waals surface area contributed by atoms with Crippen LogP contribution in [0.4, 0.5) is 8.78 Å². The summed E-state index contributed by atoms with van der Waals surface area (Å²) in [6, 6.07) is 3.21. The van der Waals surface area contributed by atoms with E-state index in [1.807, 2.05) is 0 Å². The van der Waals surface area contributed by atoms with Crippen molar-refractivity contribution in [3.8, 4) is 0 Å². The summed E-state index contributed by atoms with van der Waals surface area (Å²) in [5.74, 6) is -1.16. The molecule has 0 bridgehead atoms. The highest BCUT2D eigenvalue weighted by Crippen LogP contribution is 2.17. The molecule has 5 heteroatoms. The Morgan fingerprint density at radius 2 is 2.00 bits per heavy atom. The Kier molecular flexibility index (Phi) is 6.78. The molecule has 0 aliphatic heterocycles. The van der Waals surface area contributed by atoms with Gasteiger partial charge in [-0.25, -0.2) is 8.78 Å². The fraction of sp³-hybridized carbons (Fsp3) is 0.538. The highest BCUT2D eigenvalue weighted by Gasteiger charge is 2.13. The maximum Gasteiger partial charge on any atom is 0.130 e. The van der Waals surface area contributed by atoms with Gasteiger partial charge in [0.15, 0.2) is 0 Å². The monoisotopic (exact) mass is 258 g/mol. The van der Waals surface area contributed by atoms with Gasteiger partial charge in [-0.2, -0.15) is 0 Å². The molecular weight excluding hydrogens is 238 g/mol. The zero-order valence-electron chi connectivity index (χ0n) is 10.3. The van der Waals surface area contributed by atoms with Crippen LogP contribution in [0.25, 0.3) is 0 Å². The summed E-state index contributed by atoms with van der Waals surface area (Å²) in [6.45, 7) is 1.13. The maximum atomic E-state index is 13.5. The zero-order valence-corrected chi connectivity index (χ0v) is 10.3. The Bertz CT molecular complexity index is 361. The number of hydrogen-bond donors (Lipinski definition) is 3. The molecule has 0 aromatic heterocycles. The lowest BCUT2D eigenvalue weighted by Crippen LogP contribution is -2.29. The van der Waals surface area contributed by atoms with E-state index in [1.54, 1.807) is 0 Å². The molecule has 0 spiro atoms. The van der Waals surface area contributed by atoms with E-state index in [9.17, 15) is 8.78 Å². The van der Waals surface area contributed by atoms with Crippen molar-refractivity contribution in [1.82, 2.24) is 5.32 Å². The Balaban J connectivity index is 2.49. The van der Waals surface area contributed by atoms with Gasteiger partial charge in [-0.15, -0.1) is 0 Å². The summed E-state index contributed by atoms with van der Waals surface area (Å²) in [4.78, 5) is 0. The lowest BCUT2D eigenvalue weighted by Gasteiger charge is -2.18. The van der Waals surface area contributed by atoms with E-state index in [2.05, 4.69) is 5.32 Å². The molecule has 4 N–H and O–H groups in total. The minimum absolute atomic E-state index is 0.187. The van der Waals surface area contributed by atoms with Gasteiger partial charge in [0, 0.05) is 30.8 Å². The van der Waals surface area contributed by atoms with Crippen LogP contribution in [-0.2, 0) is 0 Å². The Morgan fingerprint density at radius 3 is 2.61 bits per heavy atom. The molecule has 1 unspecified atom stereocenters. The van der Waals surface area contributed by atoms with Crippen molar-refractivity contribution in [2.75, 3.05) is 19.7 Å². The summed E-state index contributed by atoms with van der Waals surface area (Å²) in [6.07, 6.45) is 2.56. The third-order valence-corrected chi connectivity index (χ3v) is 2.80. The number of benzene rings is 1. The molecule has 0 aliphatic carbocycles. The lowest BCUT2D eigenvalue weighted by molar-refractivity contribution is 0.282. The van der Waals surface area contributed by atoms with E-state index < -0.39 is 11.6 Å². The molecule has 1 atom stereocenters. The van der Waals surface area contributed by atoms with Crippen molar-refractivity contribution in [3.63, 3.8) is 0 Å². The smallest absolute Gasteiger partial charge is 0.130 e. The number of hydrogen-bond acceptors (Lipinski definition) is 3. The van der Waals surface area contributed by atoms with Crippen LogP contribution >= 0.6 is 0 Å². The van der Waals surface area contributed by atoms with Gasteiger partial charge < -0.3 is 16.2 Å². The predicted molar refractivity (Wildman–Crippen MR) is 67.1 cm³/mol.